The molecule has 0 aromatic heterocycles. The van der Waals surface area contributed by atoms with Crippen molar-refractivity contribution >= 4 is 35.6 Å². The molecule has 0 spiro atoms. The maximum atomic E-state index is 14.1. The number of nitrogens with zero attached hydrogens (tertiary/aromatic N) is 2. The third-order valence-electron chi connectivity index (χ3n) is 5.48. The van der Waals surface area contributed by atoms with Crippen molar-refractivity contribution in [2.45, 2.75) is 18.9 Å². The van der Waals surface area contributed by atoms with Crippen molar-refractivity contribution in [1.29, 1.82) is 0 Å². The summed E-state index contributed by atoms with van der Waals surface area (Å²) in [6.45, 7) is 1.65. The Bertz CT molecular complexity index is 941. The van der Waals surface area contributed by atoms with Gasteiger partial charge >= 0.3 is 0 Å². The zero-order chi connectivity index (χ0) is 23.1. The maximum Gasteiger partial charge on any atom is 0.203 e. The number of hydrogen-bond donors (Lipinski definition) is 2. The number of halogens is 3. The van der Waals surface area contributed by atoms with Gasteiger partial charge in [0.1, 0.15) is 17.3 Å². The maximum absolute atomic E-state index is 14.1. The molecule has 2 aromatic carbocycles. The molecule has 2 N–H and O–H groups in total. The average Bonchev–Trinajstić information content (AvgIpc) is 3.25. The second kappa shape index (κ2) is 12.7. The molecule has 10 heteroatoms. The van der Waals surface area contributed by atoms with Crippen molar-refractivity contribution in [2.24, 2.45) is 4.99 Å². The van der Waals surface area contributed by atoms with E-state index in [0.717, 1.165) is 12.0 Å². The van der Waals surface area contributed by atoms with Gasteiger partial charge in [0.05, 0.1) is 21.3 Å². The molecule has 7 nitrogen and oxygen atoms in total. The second-order valence-electron chi connectivity index (χ2n) is 7.39. The number of methoxy groups -OCH3 is 3. The third kappa shape index (κ3) is 6.30. The van der Waals surface area contributed by atoms with Crippen LogP contribution in [0.5, 0.6) is 17.2 Å². The Hall–Kier alpha value is -2.50. The lowest BCUT2D eigenvalue weighted by Gasteiger charge is -2.21. The summed E-state index contributed by atoms with van der Waals surface area (Å²) in [4.78, 5) is 6.00. The molecule has 0 radical (unpaired) electrons. The van der Waals surface area contributed by atoms with Crippen molar-refractivity contribution < 1.29 is 23.0 Å². The third-order valence-corrected chi connectivity index (χ3v) is 5.48. The van der Waals surface area contributed by atoms with Gasteiger partial charge in [0, 0.05) is 38.3 Å². The van der Waals surface area contributed by atoms with E-state index < -0.39 is 11.6 Å². The molecule has 0 bridgehead atoms. The Kier molecular flexibility index (Phi) is 10.3. The normalized spacial score (nSPS) is 15.6. The molecule has 1 aliphatic rings. The van der Waals surface area contributed by atoms with Crippen LogP contribution in [0, 0.1) is 11.6 Å². The molecule has 1 unspecified atom stereocenters. The SMILES string of the molecule is CN=C(NCCc1ccc(OC)c(OC)c1OC)NC1CCN(c2c(F)cccc2F)C1.I. The predicted molar refractivity (Wildman–Crippen MR) is 137 cm³/mol. The minimum Gasteiger partial charge on any atom is -0.493 e. The zero-order valence-corrected chi connectivity index (χ0v) is 21.6. The van der Waals surface area contributed by atoms with Crippen LogP contribution in [0.2, 0.25) is 0 Å². The Labute approximate surface area is 210 Å². The number of nitrogens with one attached hydrogen (secondary N) is 2. The molecule has 1 atom stereocenters. The number of benzene rings is 2. The Balaban J connectivity index is 0.00000385. The number of ether oxygens (including phenoxy) is 3. The van der Waals surface area contributed by atoms with Gasteiger partial charge in [-0.1, -0.05) is 12.1 Å². The topological polar surface area (TPSA) is 67.4 Å². The van der Waals surface area contributed by atoms with E-state index in [1.54, 1.807) is 33.3 Å². The van der Waals surface area contributed by atoms with Crippen LogP contribution in [-0.4, -0.2) is 60.0 Å². The smallest absolute Gasteiger partial charge is 0.203 e. The highest BCUT2D eigenvalue weighted by molar-refractivity contribution is 14.0. The monoisotopic (exact) mass is 576 g/mol. The van der Waals surface area contributed by atoms with Gasteiger partial charge in [0.2, 0.25) is 5.75 Å². The van der Waals surface area contributed by atoms with E-state index in [1.165, 1.54) is 18.2 Å². The van der Waals surface area contributed by atoms with Crippen LogP contribution in [0.4, 0.5) is 14.5 Å². The average molecular weight is 576 g/mol. The van der Waals surface area contributed by atoms with Gasteiger partial charge in [0.15, 0.2) is 17.5 Å². The van der Waals surface area contributed by atoms with Gasteiger partial charge < -0.3 is 29.7 Å². The number of guanidine groups is 1. The summed E-state index contributed by atoms with van der Waals surface area (Å²) in [7, 11) is 6.44. The first kappa shape index (κ1) is 26.7. The second-order valence-corrected chi connectivity index (χ2v) is 7.39. The van der Waals surface area contributed by atoms with Crippen LogP contribution in [0.15, 0.2) is 35.3 Å². The zero-order valence-electron chi connectivity index (χ0n) is 19.3. The standard InChI is InChI=1S/C23H30F2N4O3.HI/c1-26-23(27-12-10-15-8-9-19(30-2)22(32-4)21(15)31-3)28-16-11-13-29(14-16)20-17(24)6-5-7-18(20)25;/h5-9,16H,10-14H2,1-4H3,(H2,26,27,28);1H. The Morgan fingerprint density at radius 1 is 1.06 bits per heavy atom. The van der Waals surface area contributed by atoms with E-state index in [9.17, 15) is 8.78 Å². The quantitative estimate of drug-likeness (QED) is 0.285. The minimum absolute atomic E-state index is 0. The number of hydrogen-bond acceptors (Lipinski definition) is 5. The fourth-order valence-electron chi connectivity index (χ4n) is 3.94. The number of para-hydroxylation sites is 1. The fraction of sp³-hybridized carbons (Fsp3) is 0.435. The predicted octanol–water partition coefficient (Wildman–Crippen LogP) is 3.60. The molecule has 0 amide bonds. The van der Waals surface area contributed by atoms with Gasteiger partial charge in [0.25, 0.3) is 0 Å². The van der Waals surface area contributed by atoms with Gasteiger partial charge in [-0.25, -0.2) is 8.78 Å². The van der Waals surface area contributed by atoms with Crippen LogP contribution < -0.4 is 29.7 Å². The fourth-order valence-corrected chi connectivity index (χ4v) is 3.94. The highest BCUT2D eigenvalue weighted by Crippen LogP contribution is 2.39. The lowest BCUT2D eigenvalue weighted by atomic mass is 10.1. The van der Waals surface area contributed by atoms with Crippen LogP contribution in [0.25, 0.3) is 0 Å². The van der Waals surface area contributed by atoms with Gasteiger partial charge in [-0.15, -0.1) is 24.0 Å². The van der Waals surface area contributed by atoms with E-state index in [0.29, 0.717) is 49.3 Å². The summed E-state index contributed by atoms with van der Waals surface area (Å²) >= 11 is 0. The van der Waals surface area contributed by atoms with Crippen molar-refractivity contribution in [3.05, 3.63) is 47.5 Å². The molecular weight excluding hydrogens is 545 g/mol. The highest BCUT2D eigenvalue weighted by Gasteiger charge is 2.27. The largest absolute Gasteiger partial charge is 0.493 e. The van der Waals surface area contributed by atoms with E-state index in [2.05, 4.69) is 15.6 Å². The summed E-state index contributed by atoms with van der Waals surface area (Å²) in [6.07, 6.45) is 1.42. The first-order valence-corrected chi connectivity index (χ1v) is 10.5. The molecule has 1 aliphatic heterocycles. The van der Waals surface area contributed by atoms with Crippen molar-refractivity contribution in [2.75, 3.05) is 52.9 Å². The number of anilines is 1. The minimum atomic E-state index is -0.544. The van der Waals surface area contributed by atoms with Gasteiger partial charge in [-0.05, 0) is 31.0 Å². The molecule has 33 heavy (non-hydrogen) atoms. The molecular formula is C23H31F2IN4O3. The molecule has 0 saturated carbocycles. The van der Waals surface area contributed by atoms with Crippen LogP contribution in [0.3, 0.4) is 0 Å². The summed E-state index contributed by atoms with van der Waals surface area (Å²) in [5, 5.41) is 6.62. The van der Waals surface area contributed by atoms with Crippen molar-refractivity contribution in [1.82, 2.24) is 10.6 Å². The van der Waals surface area contributed by atoms with Crippen molar-refractivity contribution in [3.8, 4) is 17.2 Å². The van der Waals surface area contributed by atoms with Crippen LogP contribution in [0.1, 0.15) is 12.0 Å². The summed E-state index contributed by atoms with van der Waals surface area (Å²) in [5.41, 5.74) is 0.996. The highest BCUT2D eigenvalue weighted by atomic mass is 127. The van der Waals surface area contributed by atoms with E-state index in [-0.39, 0.29) is 35.7 Å². The lowest BCUT2D eigenvalue weighted by molar-refractivity contribution is 0.322. The number of rotatable bonds is 8. The van der Waals surface area contributed by atoms with Crippen LogP contribution >= 0.6 is 24.0 Å². The molecule has 0 aliphatic carbocycles. The molecule has 1 heterocycles. The van der Waals surface area contributed by atoms with Crippen molar-refractivity contribution in [3.63, 3.8) is 0 Å². The molecule has 2 aromatic rings. The Morgan fingerprint density at radius 2 is 1.76 bits per heavy atom. The molecule has 1 fully saturated rings. The van der Waals surface area contributed by atoms with E-state index in [1.807, 2.05) is 12.1 Å². The van der Waals surface area contributed by atoms with E-state index >= 15 is 0 Å². The number of aliphatic imine (C=N–C) groups is 1. The summed E-state index contributed by atoms with van der Waals surface area (Å²) in [6, 6.07) is 7.74. The Morgan fingerprint density at radius 3 is 2.36 bits per heavy atom. The van der Waals surface area contributed by atoms with Gasteiger partial charge in [-0.3, -0.25) is 4.99 Å². The molecule has 3 rings (SSSR count). The molecule has 1 saturated heterocycles. The van der Waals surface area contributed by atoms with Gasteiger partial charge in [-0.2, -0.15) is 0 Å². The summed E-state index contributed by atoms with van der Waals surface area (Å²) < 4.78 is 44.5. The first-order valence-electron chi connectivity index (χ1n) is 10.5. The first-order chi connectivity index (χ1) is 15.5. The van der Waals surface area contributed by atoms with E-state index in [4.69, 9.17) is 14.2 Å². The molecule has 182 valence electrons. The van der Waals surface area contributed by atoms with Crippen LogP contribution in [-0.2, 0) is 6.42 Å². The lowest BCUT2D eigenvalue weighted by Crippen LogP contribution is -2.45. The summed E-state index contributed by atoms with van der Waals surface area (Å²) in [5.74, 6) is 1.34.